The van der Waals surface area contributed by atoms with Crippen LogP contribution in [0.5, 0.6) is 0 Å². The molecule has 0 bridgehead atoms. The van der Waals surface area contributed by atoms with E-state index in [9.17, 15) is 22.8 Å². The number of carbonyl (C=O) groups is 2. The van der Waals surface area contributed by atoms with Crippen LogP contribution in [-0.4, -0.2) is 41.3 Å². The maximum atomic E-state index is 13.5. The van der Waals surface area contributed by atoms with E-state index in [1.807, 2.05) is 0 Å². The smallest absolute Gasteiger partial charge is 0.343 e. The zero-order valence-electron chi connectivity index (χ0n) is 13.3. The maximum absolute atomic E-state index is 13.5. The first kappa shape index (κ1) is 17.2. The van der Waals surface area contributed by atoms with Gasteiger partial charge in [-0.05, 0) is 18.9 Å². The molecule has 1 N–H and O–H groups in total. The molecule has 1 aromatic carbocycles. The van der Waals surface area contributed by atoms with E-state index in [0.717, 1.165) is 19.0 Å². The van der Waals surface area contributed by atoms with E-state index >= 15 is 0 Å². The highest BCUT2D eigenvalue weighted by molar-refractivity contribution is 6.01. The molecule has 2 amide bonds. The number of nitrogens with one attached hydrogen (secondary N) is 1. The van der Waals surface area contributed by atoms with E-state index in [4.69, 9.17) is 0 Å². The molecule has 0 saturated carbocycles. The van der Waals surface area contributed by atoms with E-state index in [-0.39, 0.29) is 23.4 Å². The lowest BCUT2D eigenvalue weighted by Crippen LogP contribution is -2.39. The first-order valence-electron chi connectivity index (χ1n) is 7.89. The van der Waals surface area contributed by atoms with Gasteiger partial charge < -0.3 is 10.2 Å². The van der Waals surface area contributed by atoms with Gasteiger partial charge in [-0.1, -0.05) is 18.2 Å². The largest absolute Gasteiger partial charge is 0.417 e. The highest BCUT2D eigenvalue weighted by Gasteiger charge is 2.37. The van der Waals surface area contributed by atoms with Gasteiger partial charge in [-0.3, -0.25) is 14.6 Å². The number of para-hydroxylation sites is 1. The first-order chi connectivity index (χ1) is 11.9. The van der Waals surface area contributed by atoms with Crippen molar-refractivity contribution < 1.29 is 22.8 Å². The lowest BCUT2D eigenvalue weighted by atomic mass is 10.0. The van der Waals surface area contributed by atoms with Gasteiger partial charge in [0, 0.05) is 24.7 Å². The Hall–Kier alpha value is -2.64. The second kappa shape index (κ2) is 6.70. The Bertz CT molecular complexity index is 814. The number of aromatic nitrogens is 1. The minimum absolute atomic E-state index is 0.145. The number of carbonyl (C=O) groups excluding carboxylic acids is 2. The summed E-state index contributed by atoms with van der Waals surface area (Å²) < 4.78 is 40.5. The molecule has 0 atom stereocenters. The third-order valence-electron chi connectivity index (χ3n) is 4.16. The number of rotatable bonds is 3. The normalized spacial score (nSPS) is 14.8. The van der Waals surface area contributed by atoms with Crippen LogP contribution in [0.3, 0.4) is 0 Å². The predicted molar refractivity (Wildman–Crippen MR) is 84.9 cm³/mol. The number of alkyl halides is 3. The third kappa shape index (κ3) is 3.57. The lowest BCUT2D eigenvalue weighted by molar-refractivity contribution is -0.136. The summed E-state index contributed by atoms with van der Waals surface area (Å²) >= 11 is 0. The molecule has 1 fully saturated rings. The molecule has 0 unspecified atom stereocenters. The Morgan fingerprint density at radius 2 is 1.84 bits per heavy atom. The molecule has 2 heterocycles. The van der Waals surface area contributed by atoms with Gasteiger partial charge in [-0.2, -0.15) is 13.2 Å². The first-order valence-corrected chi connectivity index (χ1v) is 7.89. The number of nitrogens with zero attached hydrogens (tertiary/aromatic N) is 2. The van der Waals surface area contributed by atoms with Crippen LogP contribution in [0.25, 0.3) is 10.9 Å². The summed E-state index contributed by atoms with van der Waals surface area (Å²) in [5.41, 5.74) is -1.47. The standard InChI is InChI=1S/C17H16F3N3O2/c18-17(19,20)15-11-5-1-2-6-13(11)21-9-12(15)16(25)22-10-14(24)23-7-3-4-8-23/h1-2,5-6,9H,3-4,7-8,10H2,(H,22,25). The second-order valence-electron chi connectivity index (χ2n) is 5.83. The van der Waals surface area contributed by atoms with Gasteiger partial charge in [0.1, 0.15) is 0 Å². The summed E-state index contributed by atoms with van der Waals surface area (Å²) in [7, 11) is 0. The molecule has 0 radical (unpaired) electrons. The number of pyridine rings is 1. The summed E-state index contributed by atoms with van der Waals surface area (Å²) in [4.78, 5) is 29.7. The van der Waals surface area contributed by atoms with Crippen LogP contribution in [0.15, 0.2) is 30.5 Å². The number of halogens is 3. The number of fused-ring (bicyclic) bond motifs is 1. The van der Waals surface area contributed by atoms with Gasteiger partial charge in [0.05, 0.1) is 23.2 Å². The van der Waals surface area contributed by atoms with Crippen molar-refractivity contribution >= 4 is 22.7 Å². The lowest BCUT2D eigenvalue weighted by Gasteiger charge is -2.17. The Morgan fingerprint density at radius 3 is 2.52 bits per heavy atom. The molecule has 3 rings (SSSR count). The average Bonchev–Trinajstić information content (AvgIpc) is 3.12. The van der Waals surface area contributed by atoms with Crippen molar-refractivity contribution in [2.24, 2.45) is 0 Å². The van der Waals surface area contributed by atoms with E-state index in [1.165, 1.54) is 18.2 Å². The average molecular weight is 351 g/mol. The topological polar surface area (TPSA) is 62.3 Å². The molecule has 8 heteroatoms. The number of benzene rings is 1. The van der Waals surface area contributed by atoms with Gasteiger partial charge >= 0.3 is 6.18 Å². The zero-order chi connectivity index (χ0) is 18.0. The quantitative estimate of drug-likeness (QED) is 0.925. The number of hydrogen-bond donors (Lipinski definition) is 1. The summed E-state index contributed by atoms with van der Waals surface area (Å²) in [6, 6.07) is 5.75. The fourth-order valence-corrected chi connectivity index (χ4v) is 2.95. The predicted octanol–water partition coefficient (Wildman–Crippen LogP) is 2.61. The SMILES string of the molecule is O=C(NCC(=O)N1CCCC1)c1cnc2ccccc2c1C(F)(F)F. The molecule has 132 valence electrons. The summed E-state index contributed by atoms with van der Waals surface area (Å²) in [6.07, 6.45) is -2.02. The van der Waals surface area contributed by atoms with Gasteiger partial charge in [-0.15, -0.1) is 0 Å². The number of likely N-dealkylation sites (tertiary alicyclic amines) is 1. The van der Waals surface area contributed by atoms with Gasteiger partial charge in [0.15, 0.2) is 0 Å². The third-order valence-corrected chi connectivity index (χ3v) is 4.16. The van der Waals surface area contributed by atoms with Crippen LogP contribution in [-0.2, 0) is 11.0 Å². The van der Waals surface area contributed by atoms with Crippen LogP contribution in [0, 0.1) is 0 Å². The highest BCUT2D eigenvalue weighted by Crippen LogP contribution is 2.36. The van der Waals surface area contributed by atoms with E-state index in [1.54, 1.807) is 11.0 Å². The Morgan fingerprint density at radius 1 is 1.16 bits per heavy atom. The summed E-state index contributed by atoms with van der Waals surface area (Å²) in [5.74, 6) is -1.26. The van der Waals surface area contributed by atoms with E-state index < -0.39 is 23.2 Å². The van der Waals surface area contributed by atoms with Crippen molar-refractivity contribution in [3.8, 4) is 0 Å². The van der Waals surface area contributed by atoms with Crippen molar-refractivity contribution in [3.63, 3.8) is 0 Å². The van der Waals surface area contributed by atoms with Crippen LogP contribution in [0.1, 0.15) is 28.8 Å². The van der Waals surface area contributed by atoms with Crippen molar-refractivity contribution in [2.75, 3.05) is 19.6 Å². The molecule has 1 aliphatic heterocycles. The van der Waals surface area contributed by atoms with Crippen LogP contribution in [0.4, 0.5) is 13.2 Å². The molecule has 5 nitrogen and oxygen atoms in total. The zero-order valence-corrected chi connectivity index (χ0v) is 13.3. The van der Waals surface area contributed by atoms with E-state index in [0.29, 0.717) is 13.1 Å². The van der Waals surface area contributed by atoms with Gasteiger partial charge in [-0.25, -0.2) is 0 Å². The van der Waals surface area contributed by atoms with Crippen LogP contribution < -0.4 is 5.32 Å². The highest BCUT2D eigenvalue weighted by atomic mass is 19.4. The maximum Gasteiger partial charge on any atom is 0.417 e. The molecular formula is C17H16F3N3O2. The fourth-order valence-electron chi connectivity index (χ4n) is 2.95. The molecule has 2 aromatic rings. The number of hydrogen-bond acceptors (Lipinski definition) is 3. The summed E-state index contributed by atoms with van der Waals surface area (Å²) in [5, 5.41) is 2.14. The van der Waals surface area contributed by atoms with Gasteiger partial charge in [0.25, 0.3) is 5.91 Å². The minimum Gasteiger partial charge on any atom is -0.343 e. The molecule has 25 heavy (non-hydrogen) atoms. The molecule has 0 aliphatic carbocycles. The fraction of sp³-hybridized carbons (Fsp3) is 0.353. The Balaban J connectivity index is 1.87. The summed E-state index contributed by atoms with van der Waals surface area (Å²) in [6.45, 7) is 0.892. The Kier molecular flexibility index (Phi) is 4.61. The van der Waals surface area contributed by atoms with Crippen molar-refractivity contribution in [1.82, 2.24) is 15.2 Å². The molecule has 0 spiro atoms. The number of amides is 2. The van der Waals surface area contributed by atoms with Crippen LogP contribution >= 0.6 is 0 Å². The van der Waals surface area contributed by atoms with Gasteiger partial charge in [0.2, 0.25) is 5.91 Å². The molecule has 1 saturated heterocycles. The molecule has 1 aromatic heterocycles. The second-order valence-corrected chi connectivity index (χ2v) is 5.83. The molecular weight excluding hydrogens is 335 g/mol. The monoisotopic (exact) mass is 351 g/mol. The van der Waals surface area contributed by atoms with Crippen molar-refractivity contribution in [3.05, 3.63) is 41.6 Å². The van der Waals surface area contributed by atoms with Crippen molar-refractivity contribution in [2.45, 2.75) is 19.0 Å². The minimum atomic E-state index is -4.71. The van der Waals surface area contributed by atoms with Crippen molar-refractivity contribution in [1.29, 1.82) is 0 Å². The van der Waals surface area contributed by atoms with E-state index in [2.05, 4.69) is 10.3 Å². The Labute approximate surface area is 141 Å². The molecule has 1 aliphatic rings. The van der Waals surface area contributed by atoms with Crippen LogP contribution in [0.2, 0.25) is 0 Å².